The van der Waals surface area contributed by atoms with E-state index in [0.29, 0.717) is 11.4 Å². The number of halogens is 1. The molecule has 1 N–H and O–H groups in total. The van der Waals surface area contributed by atoms with Gasteiger partial charge in [0.25, 0.3) is 0 Å². The summed E-state index contributed by atoms with van der Waals surface area (Å²) in [6.45, 7) is 3.26. The molecule has 0 heterocycles. The maximum absolute atomic E-state index is 11.7. The highest BCUT2D eigenvalue weighted by molar-refractivity contribution is 7.91. The van der Waals surface area contributed by atoms with Crippen molar-refractivity contribution in [2.75, 3.05) is 12.4 Å². The fraction of sp³-hybridized carbons (Fsp3) is 0.538. The van der Waals surface area contributed by atoms with Crippen LogP contribution in [0.25, 0.3) is 0 Å². The Labute approximate surface area is 114 Å². The van der Waals surface area contributed by atoms with E-state index in [1.54, 1.807) is 32.0 Å². The molecule has 0 radical (unpaired) electrons. The van der Waals surface area contributed by atoms with Crippen LogP contribution in [0.4, 0.5) is 0 Å². The molecule has 1 atom stereocenters. The van der Waals surface area contributed by atoms with E-state index in [1.165, 1.54) is 0 Å². The molecular formula is C13H19ClO3S. The number of sulfone groups is 1. The van der Waals surface area contributed by atoms with Gasteiger partial charge in [0.1, 0.15) is 0 Å². The molecule has 5 heteroatoms. The maximum Gasteiger partial charge on any atom is 0.152 e. The molecule has 0 amide bonds. The van der Waals surface area contributed by atoms with Crippen molar-refractivity contribution in [3.05, 3.63) is 34.9 Å². The molecule has 0 saturated carbocycles. The fourth-order valence-electron chi connectivity index (χ4n) is 1.67. The minimum atomic E-state index is -3.07. The molecule has 0 aliphatic rings. The van der Waals surface area contributed by atoms with Crippen molar-refractivity contribution in [2.24, 2.45) is 0 Å². The Morgan fingerprint density at radius 2 is 2.00 bits per heavy atom. The van der Waals surface area contributed by atoms with Crippen LogP contribution in [0.5, 0.6) is 0 Å². The van der Waals surface area contributed by atoms with Gasteiger partial charge in [-0.15, -0.1) is 0 Å². The Morgan fingerprint density at radius 3 is 2.50 bits per heavy atom. The van der Waals surface area contributed by atoms with Gasteiger partial charge in [0, 0.05) is 17.5 Å². The van der Waals surface area contributed by atoms with Crippen molar-refractivity contribution in [2.45, 2.75) is 31.4 Å². The third kappa shape index (κ3) is 4.26. The van der Waals surface area contributed by atoms with Crippen LogP contribution in [-0.2, 0) is 9.84 Å². The lowest BCUT2D eigenvalue weighted by Crippen LogP contribution is -2.20. The summed E-state index contributed by atoms with van der Waals surface area (Å²) in [5, 5.41) is 9.58. The van der Waals surface area contributed by atoms with Crippen molar-refractivity contribution in [1.29, 1.82) is 0 Å². The summed E-state index contributed by atoms with van der Waals surface area (Å²) in [5.41, 5.74) is 0.879. The van der Waals surface area contributed by atoms with Crippen LogP contribution in [0.3, 0.4) is 0 Å². The molecular weight excluding hydrogens is 272 g/mol. The zero-order valence-electron chi connectivity index (χ0n) is 10.6. The molecule has 0 saturated heterocycles. The number of aliphatic hydroxyl groups is 1. The minimum Gasteiger partial charge on any atom is -0.396 e. The van der Waals surface area contributed by atoms with E-state index in [2.05, 4.69) is 0 Å². The van der Waals surface area contributed by atoms with Gasteiger partial charge in [0.05, 0.1) is 11.0 Å². The molecule has 0 fully saturated rings. The quantitative estimate of drug-likeness (QED) is 0.876. The fourth-order valence-corrected chi connectivity index (χ4v) is 2.95. The minimum absolute atomic E-state index is 0.0754. The van der Waals surface area contributed by atoms with Crippen LogP contribution in [-0.4, -0.2) is 31.1 Å². The molecule has 0 aliphatic carbocycles. The van der Waals surface area contributed by atoms with Crippen molar-refractivity contribution in [3.8, 4) is 0 Å². The van der Waals surface area contributed by atoms with Gasteiger partial charge in [0.15, 0.2) is 9.84 Å². The largest absolute Gasteiger partial charge is 0.396 e. The van der Waals surface area contributed by atoms with Crippen LogP contribution < -0.4 is 0 Å². The summed E-state index contributed by atoms with van der Waals surface area (Å²) in [6.07, 6.45) is 0.414. The van der Waals surface area contributed by atoms with Crippen LogP contribution in [0.1, 0.15) is 31.7 Å². The van der Waals surface area contributed by atoms with E-state index in [-0.39, 0.29) is 23.5 Å². The average molecular weight is 291 g/mol. The van der Waals surface area contributed by atoms with Crippen molar-refractivity contribution >= 4 is 21.4 Å². The van der Waals surface area contributed by atoms with Crippen molar-refractivity contribution < 1.29 is 13.5 Å². The van der Waals surface area contributed by atoms with Gasteiger partial charge in [-0.3, -0.25) is 0 Å². The van der Waals surface area contributed by atoms with E-state index in [1.807, 2.05) is 6.07 Å². The first-order valence-corrected chi connectivity index (χ1v) is 8.04. The first kappa shape index (κ1) is 15.5. The van der Waals surface area contributed by atoms with Gasteiger partial charge in [0.2, 0.25) is 0 Å². The number of rotatable bonds is 6. The number of aliphatic hydroxyl groups excluding tert-OH is 1. The average Bonchev–Trinajstić information content (AvgIpc) is 2.29. The third-order valence-corrected chi connectivity index (χ3v) is 5.49. The van der Waals surface area contributed by atoms with Crippen LogP contribution in [0.15, 0.2) is 24.3 Å². The van der Waals surface area contributed by atoms with E-state index >= 15 is 0 Å². The predicted octanol–water partition coefficient (Wildman–Crippen LogP) is 2.63. The summed E-state index contributed by atoms with van der Waals surface area (Å²) in [6, 6.07) is 7.18. The first-order chi connectivity index (χ1) is 8.36. The molecule has 1 unspecified atom stereocenters. The van der Waals surface area contributed by atoms with Gasteiger partial charge in [-0.1, -0.05) is 23.7 Å². The number of hydrogen-bond donors (Lipinski definition) is 1. The standard InChI is InChI=1S/C13H19ClO3S/c1-10(2)18(16,17)7-6-12(9-15)11-4-3-5-13(14)8-11/h3-5,8,10,12,15H,6-7,9H2,1-2H3. The molecule has 3 nitrogen and oxygen atoms in total. The van der Waals surface area contributed by atoms with E-state index in [4.69, 9.17) is 11.6 Å². The summed E-state index contributed by atoms with van der Waals surface area (Å²) in [5.74, 6) is -0.0974. The molecule has 1 rings (SSSR count). The normalized spacial score (nSPS) is 13.8. The zero-order valence-corrected chi connectivity index (χ0v) is 12.2. The number of hydrogen-bond acceptors (Lipinski definition) is 3. The smallest absolute Gasteiger partial charge is 0.152 e. The van der Waals surface area contributed by atoms with Crippen molar-refractivity contribution in [3.63, 3.8) is 0 Å². The molecule has 0 aliphatic heterocycles. The molecule has 0 bridgehead atoms. The predicted molar refractivity (Wildman–Crippen MR) is 74.8 cm³/mol. The Bertz CT molecular complexity index is 483. The van der Waals surface area contributed by atoms with Crippen LogP contribution in [0, 0.1) is 0 Å². The van der Waals surface area contributed by atoms with Crippen LogP contribution in [0.2, 0.25) is 5.02 Å². The Balaban J connectivity index is 2.75. The summed E-state index contributed by atoms with van der Waals surface area (Å²) in [4.78, 5) is 0. The lowest BCUT2D eigenvalue weighted by Gasteiger charge is -2.16. The molecule has 0 aromatic heterocycles. The maximum atomic E-state index is 11.7. The molecule has 102 valence electrons. The lowest BCUT2D eigenvalue weighted by molar-refractivity contribution is 0.262. The van der Waals surface area contributed by atoms with E-state index < -0.39 is 9.84 Å². The van der Waals surface area contributed by atoms with Gasteiger partial charge in [-0.2, -0.15) is 0 Å². The van der Waals surface area contributed by atoms with Crippen LogP contribution >= 0.6 is 11.6 Å². The molecule has 1 aromatic rings. The molecule has 1 aromatic carbocycles. The number of benzene rings is 1. The summed E-state index contributed by atoms with van der Waals surface area (Å²) < 4.78 is 23.5. The molecule has 18 heavy (non-hydrogen) atoms. The van der Waals surface area contributed by atoms with Crippen molar-refractivity contribution in [1.82, 2.24) is 0 Å². The van der Waals surface area contributed by atoms with Gasteiger partial charge in [-0.05, 0) is 38.0 Å². The molecule has 0 spiro atoms. The SMILES string of the molecule is CC(C)S(=O)(=O)CCC(CO)c1cccc(Cl)c1. The lowest BCUT2D eigenvalue weighted by atomic mass is 9.98. The Hall–Kier alpha value is -0.580. The summed E-state index contributed by atoms with van der Waals surface area (Å²) >= 11 is 5.89. The second kappa shape index (κ2) is 6.55. The Morgan fingerprint density at radius 1 is 1.33 bits per heavy atom. The topological polar surface area (TPSA) is 54.4 Å². The highest BCUT2D eigenvalue weighted by Crippen LogP contribution is 2.23. The second-order valence-corrected chi connectivity index (χ2v) is 7.75. The van der Waals surface area contributed by atoms with Gasteiger partial charge in [-0.25, -0.2) is 8.42 Å². The van der Waals surface area contributed by atoms with Gasteiger partial charge < -0.3 is 5.11 Å². The highest BCUT2D eigenvalue weighted by Gasteiger charge is 2.19. The monoisotopic (exact) mass is 290 g/mol. The van der Waals surface area contributed by atoms with Gasteiger partial charge >= 0.3 is 0 Å². The van der Waals surface area contributed by atoms with E-state index in [0.717, 1.165) is 5.56 Å². The first-order valence-electron chi connectivity index (χ1n) is 5.94. The zero-order chi connectivity index (χ0) is 13.8. The highest BCUT2D eigenvalue weighted by atomic mass is 35.5. The Kier molecular flexibility index (Phi) is 5.63. The second-order valence-electron chi connectivity index (χ2n) is 4.64. The summed E-state index contributed by atoms with van der Waals surface area (Å²) in [7, 11) is -3.07. The third-order valence-electron chi connectivity index (χ3n) is 3.01. The van der Waals surface area contributed by atoms with E-state index in [9.17, 15) is 13.5 Å².